The van der Waals surface area contributed by atoms with Crippen LogP contribution in [0.1, 0.15) is 32.0 Å². The standard InChI is InChI=1S/C13H22N4O/c1-2-17-11(15-9-16-17)7-13(8-14)5-6-18-12(13)10-3-4-10/h9-10,12H,2-8,14H2,1H3. The Hall–Kier alpha value is -0.940. The highest BCUT2D eigenvalue weighted by Gasteiger charge is 2.50. The maximum atomic E-state index is 6.10. The summed E-state index contributed by atoms with van der Waals surface area (Å²) in [7, 11) is 0. The lowest BCUT2D eigenvalue weighted by molar-refractivity contribution is 0.0332. The molecule has 1 aromatic heterocycles. The SMILES string of the molecule is CCn1ncnc1CC1(CN)CCOC1C1CC1. The third kappa shape index (κ3) is 1.95. The molecule has 100 valence electrons. The zero-order valence-corrected chi connectivity index (χ0v) is 11.0. The largest absolute Gasteiger partial charge is 0.377 e. The number of ether oxygens (including phenoxy) is 1. The van der Waals surface area contributed by atoms with Crippen molar-refractivity contribution in [2.75, 3.05) is 13.2 Å². The molecule has 0 amide bonds. The first kappa shape index (κ1) is 12.1. The van der Waals surface area contributed by atoms with E-state index >= 15 is 0 Å². The predicted molar refractivity (Wildman–Crippen MR) is 68.0 cm³/mol. The van der Waals surface area contributed by atoms with Crippen LogP contribution in [0.15, 0.2) is 6.33 Å². The lowest BCUT2D eigenvalue weighted by Crippen LogP contribution is -2.42. The van der Waals surface area contributed by atoms with Gasteiger partial charge in [0.15, 0.2) is 0 Å². The third-order valence-electron chi connectivity index (χ3n) is 4.46. The summed E-state index contributed by atoms with van der Waals surface area (Å²) in [5.41, 5.74) is 6.18. The lowest BCUT2D eigenvalue weighted by Gasteiger charge is -2.32. The molecule has 1 saturated heterocycles. The Morgan fingerprint density at radius 2 is 2.39 bits per heavy atom. The second-order valence-electron chi connectivity index (χ2n) is 5.61. The van der Waals surface area contributed by atoms with E-state index in [1.807, 2.05) is 4.68 Å². The Morgan fingerprint density at radius 1 is 1.56 bits per heavy atom. The number of nitrogens with zero attached hydrogens (tertiary/aromatic N) is 3. The van der Waals surface area contributed by atoms with Crippen molar-refractivity contribution in [1.82, 2.24) is 14.8 Å². The summed E-state index contributed by atoms with van der Waals surface area (Å²) in [4.78, 5) is 4.40. The normalized spacial score (nSPS) is 32.0. The summed E-state index contributed by atoms with van der Waals surface area (Å²) >= 11 is 0. The Labute approximate surface area is 108 Å². The van der Waals surface area contributed by atoms with E-state index in [-0.39, 0.29) is 5.41 Å². The molecule has 2 fully saturated rings. The fraction of sp³-hybridized carbons (Fsp3) is 0.846. The Balaban J connectivity index is 1.82. The molecule has 1 aliphatic carbocycles. The van der Waals surface area contributed by atoms with E-state index in [2.05, 4.69) is 17.0 Å². The van der Waals surface area contributed by atoms with E-state index in [0.29, 0.717) is 12.6 Å². The number of nitrogens with two attached hydrogens (primary N) is 1. The number of aryl methyl sites for hydroxylation is 1. The minimum Gasteiger partial charge on any atom is -0.377 e. The molecule has 2 unspecified atom stereocenters. The molecular formula is C13H22N4O. The van der Waals surface area contributed by atoms with Gasteiger partial charge in [0.1, 0.15) is 12.2 Å². The van der Waals surface area contributed by atoms with E-state index < -0.39 is 0 Å². The Morgan fingerprint density at radius 3 is 3.06 bits per heavy atom. The van der Waals surface area contributed by atoms with Crippen molar-refractivity contribution in [2.45, 2.75) is 45.3 Å². The second-order valence-corrected chi connectivity index (χ2v) is 5.61. The van der Waals surface area contributed by atoms with E-state index in [1.165, 1.54) is 12.8 Å². The summed E-state index contributed by atoms with van der Waals surface area (Å²) in [6, 6.07) is 0. The molecule has 2 atom stereocenters. The summed E-state index contributed by atoms with van der Waals surface area (Å²) in [5.74, 6) is 1.79. The van der Waals surface area contributed by atoms with Gasteiger partial charge in [0.2, 0.25) is 0 Å². The molecule has 2 N–H and O–H groups in total. The van der Waals surface area contributed by atoms with Gasteiger partial charge in [0.25, 0.3) is 0 Å². The van der Waals surface area contributed by atoms with Crippen LogP contribution < -0.4 is 5.73 Å². The van der Waals surface area contributed by atoms with Crippen molar-refractivity contribution in [3.8, 4) is 0 Å². The minimum atomic E-state index is 0.0844. The molecule has 0 bridgehead atoms. The number of hydrogen-bond acceptors (Lipinski definition) is 4. The van der Waals surface area contributed by atoms with Crippen molar-refractivity contribution >= 4 is 0 Å². The molecule has 2 heterocycles. The number of aromatic nitrogens is 3. The summed E-state index contributed by atoms with van der Waals surface area (Å²) in [6.45, 7) is 4.49. The molecule has 0 aromatic carbocycles. The lowest BCUT2D eigenvalue weighted by atomic mass is 9.76. The van der Waals surface area contributed by atoms with Crippen LogP contribution in [0.4, 0.5) is 0 Å². The maximum Gasteiger partial charge on any atom is 0.138 e. The molecule has 1 saturated carbocycles. The quantitative estimate of drug-likeness (QED) is 0.846. The molecule has 3 rings (SSSR count). The van der Waals surface area contributed by atoms with Crippen molar-refractivity contribution in [2.24, 2.45) is 17.1 Å². The van der Waals surface area contributed by atoms with E-state index in [9.17, 15) is 0 Å². The van der Waals surface area contributed by atoms with Gasteiger partial charge in [-0.1, -0.05) is 0 Å². The number of hydrogen-bond donors (Lipinski definition) is 1. The average Bonchev–Trinajstić information content (AvgIpc) is 3.00. The van der Waals surface area contributed by atoms with Crippen molar-refractivity contribution in [3.63, 3.8) is 0 Å². The summed E-state index contributed by atoms with van der Waals surface area (Å²) < 4.78 is 7.94. The van der Waals surface area contributed by atoms with Crippen molar-refractivity contribution in [1.29, 1.82) is 0 Å². The zero-order chi connectivity index (χ0) is 12.6. The molecule has 2 aliphatic rings. The van der Waals surface area contributed by atoms with Gasteiger partial charge < -0.3 is 10.5 Å². The van der Waals surface area contributed by atoms with Gasteiger partial charge in [-0.3, -0.25) is 4.68 Å². The van der Waals surface area contributed by atoms with E-state index in [0.717, 1.165) is 37.7 Å². The highest BCUT2D eigenvalue weighted by atomic mass is 16.5. The maximum absolute atomic E-state index is 6.10. The van der Waals surface area contributed by atoms with Gasteiger partial charge in [-0.15, -0.1) is 0 Å². The fourth-order valence-corrected chi connectivity index (χ4v) is 3.23. The van der Waals surface area contributed by atoms with Crippen LogP contribution in [0, 0.1) is 11.3 Å². The van der Waals surface area contributed by atoms with Gasteiger partial charge in [0, 0.05) is 31.5 Å². The smallest absolute Gasteiger partial charge is 0.138 e. The molecule has 0 radical (unpaired) electrons. The zero-order valence-electron chi connectivity index (χ0n) is 11.0. The molecule has 0 spiro atoms. The first-order valence-corrected chi connectivity index (χ1v) is 6.97. The van der Waals surface area contributed by atoms with Crippen LogP contribution in [0.2, 0.25) is 0 Å². The van der Waals surface area contributed by atoms with E-state index in [4.69, 9.17) is 10.5 Å². The van der Waals surface area contributed by atoms with Crippen molar-refractivity contribution < 1.29 is 4.74 Å². The van der Waals surface area contributed by atoms with Gasteiger partial charge in [-0.25, -0.2) is 4.98 Å². The summed E-state index contributed by atoms with van der Waals surface area (Å²) in [6.07, 6.45) is 6.54. The second kappa shape index (κ2) is 4.63. The first-order valence-electron chi connectivity index (χ1n) is 6.97. The average molecular weight is 250 g/mol. The first-order chi connectivity index (χ1) is 8.79. The van der Waals surface area contributed by atoms with Gasteiger partial charge in [-0.2, -0.15) is 5.10 Å². The Bertz CT molecular complexity index is 415. The highest BCUT2D eigenvalue weighted by Crippen LogP contribution is 2.48. The van der Waals surface area contributed by atoms with Crippen LogP contribution in [0.3, 0.4) is 0 Å². The monoisotopic (exact) mass is 250 g/mol. The minimum absolute atomic E-state index is 0.0844. The van der Waals surface area contributed by atoms with Gasteiger partial charge in [-0.05, 0) is 32.1 Å². The van der Waals surface area contributed by atoms with Crippen LogP contribution in [0.5, 0.6) is 0 Å². The van der Waals surface area contributed by atoms with Gasteiger partial charge in [0.05, 0.1) is 6.10 Å². The fourth-order valence-electron chi connectivity index (χ4n) is 3.23. The molecule has 1 aliphatic heterocycles. The van der Waals surface area contributed by atoms with Crippen LogP contribution in [-0.4, -0.2) is 34.0 Å². The predicted octanol–water partition coefficient (Wildman–Crippen LogP) is 0.984. The Kier molecular flexibility index (Phi) is 3.11. The highest BCUT2D eigenvalue weighted by molar-refractivity contribution is 5.05. The van der Waals surface area contributed by atoms with Crippen molar-refractivity contribution in [3.05, 3.63) is 12.2 Å². The molecule has 5 heteroatoms. The van der Waals surface area contributed by atoms with E-state index in [1.54, 1.807) is 6.33 Å². The number of rotatable bonds is 5. The third-order valence-corrected chi connectivity index (χ3v) is 4.46. The molecule has 18 heavy (non-hydrogen) atoms. The molecule has 5 nitrogen and oxygen atoms in total. The van der Waals surface area contributed by atoms with Crippen LogP contribution in [0.25, 0.3) is 0 Å². The van der Waals surface area contributed by atoms with Gasteiger partial charge >= 0.3 is 0 Å². The molecule has 1 aromatic rings. The molecular weight excluding hydrogens is 228 g/mol. The van der Waals surface area contributed by atoms with Crippen LogP contribution in [-0.2, 0) is 17.7 Å². The van der Waals surface area contributed by atoms with Crippen LogP contribution >= 0.6 is 0 Å². The topological polar surface area (TPSA) is 66.0 Å². The summed E-state index contributed by atoms with van der Waals surface area (Å²) in [5, 5.41) is 4.25.